The third-order valence-corrected chi connectivity index (χ3v) is 2.17. The number of aromatic carboxylic acids is 1. The van der Waals surface area contributed by atoms with Gasteiger partial charge in [0, 0.05) is 23.5 Å². The van der Waals surface area contributed by atoms with Gasteiger partial charge in [-0.2, -0.15) is 0 Å². The summed E-state index contributed by atoms with van der Waals surface area (Å²) in [5, 5.41) is 8.78. The van der Waals surface area contributed by atoms with Crippen molar-refractivity contribution in [3.05, 3.63) is 36.2 Å². The molecule has 0 amide bonds. The Kier molecular flexibility index (Phi) is 2.59. The van der Waals surface area contributed by atoms with Crippen molar-refractivity contribution < 1.29 is 14.6 Å². The molecule has 0 spiro atoms. The predicted molar refractivity (Wildman–Crippen MR) is 57.5 cm³/mol. The van der Waals surface area contributed by atoms with E-state index >= 15 is 0 Å². The first-order valence-electron chi connectivity index (χ1n) is 4.63. The molecule has 2 heterocycles. The van der Waals surface area contributed by atoms with Gasteiger partial charge in [0.2, 0.25) is 5.88 Å². The fraction of sp³-hybridized carbons (Fsp3) is 0.0909. The highest BCUT2D eigenvalue weighted by atomic mass is 16.5. The van der Waals surface area contributed by atoms with Gasteiger partial charge in [-0.25, -0.2) is 9.78 Å². The van der Waals surface area contributed by atoms with Gasteiger partial charge in [0.15, 0.2) is 0 Å². The average Bonchev–Trinajstić information content (AvgIpc) is 2.78. The molecule has 0 aliphatic rings. The lowest BCUT2D eigenvalue weighted by molar-refractivity contribution is 0.0691. The number of carboxylic acids is 1. The molecule has 0 aliphatic carbocycles. The summed E-state index contributed by atoms with van der Waals surface area (Å²) in [5.74, 6) is -0.490. The summed E-state index contributed by atoms with van der Waals surface area (Å²) in [6.07, 6.45) is 1.61. The smallest absolute Gasteiger partial charge is 0.352 e. The first-order chi connectivity index (χ1) is 7.70. The molecule has 0 fully saturated rings. The number of nitrogens with zero attached hydrogens (tertiary/aromatic N) is 1. The summed E-state index contributed by atoms with van der Waals surface area (Å²) in [5.41, 5.74) is 1.71. The molecule has 16 heavy (non-hydrogen) atoms. The molecule has 82 valence electrons. The summed E-state index contributed by atoms with van der Waals surface area (Å²) in [4.78, 5) is 17.5. The molecule has 0 unspecified atom stereocenters. The molecule has 5 nitrogen and oxygen atoms in total. The van der Waals surface area contributed by atoms with E-state index in [-0.39, 0.29) is 5.69 Å². The molecule has 0 atom stereocenters. The number of hydrogen-bond donors (Lipinski definition) is 2. The minimum atomic E-state index is -0.979. The minimum Gasteiger partial charge on any atom is -0.481 e. The minimum absolute atomic E-state index is 0.158. The molecule has 0 bridgehead atoms. The van der Waals surface area contributed by atoms with Crippen LogP contribution in [0.3, 0.4) is 0 Å². The van der Waals surface area contributed by atoms with Gasteiger partial charge in [0.25, 0.3) is 0 Å². The Balaban J connectivity index is 2.38. The number of aromatic amines is 1. The Hall–Kier alpha value is -2.30. The highest BCUT2D eigenvalue weighted by Gasteiger charge is 2.07. The molecule has 2 aromatic rings. The average molecular weight is 218 g/mol. The lowest BCUT2D eigenvalue weighted by Gasteiger charge is -2.01. The second kappa shape index (κ2) is 4.06. The normalized spacial score (nSPS) is 10.1. The molecule has 0 saturated carbocycles. The Morgan fingerprint density at radius 2 is 2.25 bits per heavy atom. The van der Waals surface area contributed by atoms with Crippen LogP contribution in [0.25, 0.3) is 11.3 Å². The molecule has 0 radical (unpaired) electrons. The standard InChI is InChI=1S/C11H10N2O3/c1-16-10-6-7(4-5-12-10)8-2-3-9(13-8)11(14)15/h2-6,13H,1H3,(H,14,15). The number of H-pyrrole nitrogens is 1. The lowest BCUT2D eigenvalue weighted by Crippen LogP contribution is -1.95. The Labute approximate surface area is 91.7 Å². The molecular weight excluding hydrogens is 208 g/mol. The molecule has 2 rings (SSSR count). The van der Waals surface area contributed by atoms with Crippen molar-refractivity contribution >= 4 is 5.97 Å². The number of hydrogen-bond acceptors (Lipinski definition) is 3. The van der Waals surface area contributed by atoms with Crippen LogP contribution in [-0.4, -0.2) is 28.2 Å². The van der Waals surface area contributed by atoms with Crippen molar-refractivity contribution in [3.8, 4) is 17.1 Å². The SMILES string of the molecule is COc1cc(-c2ccc(C(=O)O)[nH]2)ccn1. The molecule has 5 heteroatoms. The van der Waals surface area contributed by atoms with Crippen molar-refractivity contribution in [1.29, 1.82) is 0 Å². The van der Waals surface area contributed by atoms with Crippen molar-refractivity contribution in [2.24, 2.45) is 0 Å². The highest BCUT2D eigenvalue weighted by Crippen LogP contribution is 2.21. The summed E-state index contributed by atoms with van der Waals surface area (Å²) < 4.78 is 4.99. The van der Waals surface area contributed by atoms with E-state index in [1.54, 1.807) is 24.4 Å². The maximum absolute atomic E-state index is 10.7. The van der Waals surface area contributed by atoms with Gasteiger partial charge < -0.3 is 14.8 Å². The number of pyridine rings is 1. The molecule has 2 N–H and O–H groups in total. The van der Waals surface area contributed by atoms with Gasteiger partial charge in [-0.05, 0) is 18.2 Å². The summed E-state index contributed by atoms with van der Waals surface area (Å²) >= 11 is 0. The van der Waals surface area contributed by atoms with E-state index in [1.807, 2.05) is 0 Å². The highest BCUT2D eigenvalue weighted by molar-refractivity contribution is 5.86. The lowest BCUT2D eigenvalue weighted by atomic mass is 10.2. The third kappa shape index (κ3) is 1.88. The van der Waals surface area contributed by atoms with Gasteiger partial charge in [-0.1, -0.05) is 0 Å². The zero-order valence-electron chi connectivity index (χ0n) is 8.60. The number of carboxylic acid groups (broad SMARTS) is 1. The second-order valence-electron chi connectivity index (χ2n) is 3.18. The zero-order chi connectivity index (χ0) is 11.5. The number of methoxy groups -OCH3 is 1. The van der Waals surface area contributed by atoms with Gasteiger partial charge in [0.05, 0.1) is 7.11 Å². The van der Waals surface area contributed by atoms with Gasteiger partial charge >= 0.3 is 5.97 Å². The van der Waals surface area contributed by atoms with E-state index in [4.69, 9.17) is 9.84 Å². The third-order valence-electron chi connectivity index (χ3n) is 2.17. The van der Waals surface area contributed by atoms with Gasteiger partial charge in [-0.3, -0.25) is 0 Å². The maximum atomic E-state index is 10.7. The predicted octanol–water partition coefficient (Wildman–Crippen LogP) is 1.78. The van der Waals surface area contributed by atoms with Crippen molar-refractivity contribution in [2.75, 3.05) is 7.11 Å². The van der Waals surface area contributed by atoms with Gasteiger partial charge in [-0.15, -0.1) is 0 Å². The van der Waals surface area contributed by atoms with Crippen LogP contribution in [0.15, 0.2) is 30.5 Å². The number of nitrogens with one attached hydrogen (secondary N) is 1. The van der Waals surface area contributed by atoms with Crippen LogP contribution in [0.1, 0.15) is 10.5 Å². The first kappa shape index (κ1) is 10.2. The summed E-state index contributed by atoms with van der Waals surface area (Å²) in [6, 6.07) is 6.74. The van der Waals surface area contributed by atoms with E-state index in [0.717, 1.165) is 11.3 Å². The van der Waals surface area contributed by atoms with Gasteiger partial charge in [0.1, 0.15) is 5.69 Å². The summed E-state index contributed by atoms with van der Waals surface area (Å²) in [7, 11) is 1.53. The topological polar surface area (TPSA) is 75.2 Å². The van der Waals surface area contributed by atoms with E-state index in [9.17, 15) is 4.79 Å². The van der Waals surface area contributed by atoms with Crippen LogP contribution >= 0.6 is 0 Å². The van der Waals surface area contributed by atoms with Crippen LogP contribution in [0, 0.1) is 0 Å². The van der Waals surface area contributed by atoms with Crippen molar-refractivity contribution in [1.82, 2.24) is 9.97 Å². The van der Waals surface area contributed by atoms with Crippen LogP contribution < -0.4 is 4.74 Å². The number of carbonyl (C=O) groups is 1. The quantitative estimate of drug-likeness (QED) is 0.823. The van der Waals surface area contributed by atoms with Crippen LogP contribution in [0.4, 0.5) is 0 Å². The maximum Gasteiger partial charge on any atom is 0.352 e. The number of ether oxygens (including phenoxy) is 1. The second-order valence-corrected chi connectivity index (χ2v) is 3.18. The molecule has 2 aromatic heterocycles. The Morgan fingerprint density at radius 1 is 1.44 bits per heavy atom. The molecule has 0 aromatic carbocycles. The van der Waals surface area contributed by atoms with Crippen LogP contribution in [0.5, 0.6) is 5.88 Å². The van der Waals surface area contributed by atoms with E-state index in [0.29, 0.717) is 5.88 Å². The van der Waals surface area contributed by atoms with Crippen LogP contribution in [-0.2, 0) is 0 Å². The Bertz CT molecular complexity index is 519. The first-order valence-corrected chi connectivity index (χ1v) is 4.63. The monoisotopic (exact) mass is 218 g/mol. The van der Waals surface area contributed by atoms with E-state index < -0.39 is 5.97 Å². The molecular formula is C11H10N2O3. The van der Waals surface area contributed by atoms with E-state index in [2.05, 4.69) is 9.97 Å². The summed E-state index contributed by atoms with van der Waals surface area (Å²) in [6.45, 7) is 0. The number of rotatable bonds is 3. The number of aromatic nitrogens is 2. The van der Waals surface area contributed by atoms with Crippen molar-refractivity contribution in [2.45, 2.75) is 0 Å². The fourth-order valence-corrected chi connectivity index (χ4v) is 1.38. The molecule has 0 saturated heterocycles. The van der Waals surface area contributed by atoms with Crippen LogP contribution in [0.2, 0.25) is 0 Å². The fourth-order valence-electron chi connectivity index (χ4n) is 1.38. The van der Waals surface area contributed by atoms with E-state index in [1.165, 1.54) is 13.2 Å². The Morgan fingerprint density at radius 3 is 2.88 bits per heavy atom. The molecule has 0 aliphatic heterocycles. The van der Waals surface area contributed by atoms with Crippen molar-refractivity contribution in [3.63, 3.8) is 0 Å². The largest absolute Gasteiger partial charge is 0.481 e. The zero-order valence-corrected chi connectivity index (χ0v) is 8.60.